The number of aryl methyl sites for hydroxylation is 2. The third kappa shape index (κ3) is 5.76. The molecule has 156 valence electrons. The Labute approximate surface area is 172 Å². The molecule has 0 amide bonds. The van der Waals surface area contributed by atoms with Gasteiger partial charge in [0.25, 0.3) is 20.2 Å². The predicted octanol–water partition coefficient (Wildman–Crippen LogP) is 3.61. The predicted molar refractivity (Wildman–Crippen MR) is 109 cm³/mol. The zero-order valence-electron chi connectivity index (χ0n) is 16.3. The van der Waals surface area contributed by atoms with Crippen LogP contribution in [0.15, 0.2) is 70.5 Å². The molecule has 6 nitrogen and oxygen atoms in total. The second-order valence-electron chi connectivity index (χ2n) is 7.24. The van der Waals surface area contributed by atoms with Crippen LogP contribution < -0.4 is 0 Å². The summed E-state index contributed by atoms with van der Waals surface area (Å²) >= 11 is 0. The van der Waals surface area contributed by atoms with Crippen LogP contribution in [0.3, 0.4) is 0 Å². The van der Waals surface area contributed by atoms with Gasteiger partial charge in [-0.1, -0.05) is 47.5 Å². The third-order valence-corrected chi connectivity index (χ3v) is 7.35. The Bertz CT molecular complexity index is 981. The van der Waals surface area contributed by atoms with Gasteiger partial charge in [-0.3, -0.25) is 8.37 Å². The van der Waals surface area contributed by atoms with Crippen LogP contribution in [0.4, 0.5) is 0 Å². The van der Waals surface area contributed by atoms with Crippen molar-refractivity contribution in [1.29, 1.82) is 0 Å². The van der Waals surface area contributed by atoms with E-state index in [9.17, 15) is 16.8 Å². The van der Waals surface area contributed by atoms with E-state index >= 15 is 0 Å². The fraction of sp³-hybridized carbons (Fsp3) is 0.333. The first kappa shape index (κ1) is 21.7. The molecule has 0 spiro atoms. The maximum Gasteiger partial charge on any atom is 0.296 e. The number of hydrogen-bond donors (Lipinski definition) is 0. The fourth-order valence-electron chi connectivity index (χ4n) is 3.01. The standard InChI is InChI=1S/C21H24O6S2/c1-16-3-9-20(10-4-16)28(22,23)26-14-18-7-8-19(13-18)15-27-29(24,25)21-11-5-17(2)6-12-21/h3-12,18-19H,13-15H2,1-2H3/t18-,19+. The summed E-state index contributed by atoms with van der Waals surface area (Å²) in [4.78, 5) is 0.239. The molecule has 2 atom stereocenters. The maximum absolute atomic E-state index is 12.3. The minimum Gasteiger partial charge on any atom is -0.266 e. The van der Waals surface area contributed by atoms with Gasteiger partial charge in [-0.05, 0) is 44.5 Å². The lowest BCUT2D eigenvalue weighted by atomic mass is 10.1. The van der Waals surface area contributed by atoms with Crippen LogP contribution in [-0.4, -0.2) is 30.0 Å². The Kier molecular flexibility index (Phi) is 6.58. The smallest absolute Gasteiger partial charge is 0.266 e. The molecule has 0 aromatic heterocycles. The van der Waals surface area contributed by atoms with Crippen LogP contribution in [0.1, 0.15) is 17.5 Å². The van der Waals surface area contributed by atoms with Gasteiger partial charge in [0.1, 0.15) is 0 Å². The van der Waals surface area contributed by atoms with E-state index < -0.39 is 20.2 Å². The highest BCUT2D eigenvalue weighted by atomic mass is 32.2. The zero-order valence-corrected chi connectivity index (χ0v) is 17.9. The van der Waals surface area contributed by atoms with E-state index in [0.29, 0.717) is 6.42 Å². The zero-order chi connectivity index (χ0) is 21.1. The molecule has 2 aromatic carbocycles. The van der Waals surface area contributed by atoms with Crippen molar-refractivity contribution in [3.05, 3.63) is 71.8 Å². The van der Waals surface area contributed by atoms with Crippen LogP contribution in [0, 0.1) is 25.7 Å². The van der Waals surface area contributed by atoms with Gasteiger partial charge in [-0.2, -0.15) is 16.8 Å². The first-order valence-electron chi connectivity index (χ1n) is 9.26. The van der Waals surface area contributed by atoms with E-state index in [1.165, 1.54) is 24.3 Å². The summed E-state index contributed by atoms with van der Waals surface area (Å²) in [5.74, 6) is -0.239. The second-order valence-corrected chi connectivity index (χ2v) is 10.5. The quantitative estimate of drug-likeness (QED) is 0.464. The molecule has 0 bridgehead atoms. The Morgan fingerprint density at radius 2 is 1.03 bits per heavy atom. The molecule has 0 saturated carbocycles. The summed E-state index contributed by atoms with van der Waals surface area (Å²) in [6.45, 7) is 3.77. The van der Waals surface area contributed by atoms with Gasteiger partial charge in [0.05, 0.1) is 23.0 Å². The molecule has 0 heterocycles. The number of rotatable bonds is 8. The molecule has 3 rings (SSSR count). The van der Waals surface area contributed by atoms with E-state index in [0.717, 1.165) is 11.1 Å². The molecular formula is C21H24O6S2. The summed E-state index contributed by atoms with van der Waals surface area (Å²) < 4.78 is 59.4. The maximum atomic E-state index is 12.3. The van der Waals surface area contributed by atoms with Crippen molar-refractivity contribution in [2.45, 2.75) is 30.1 Å². The number of benzene rings is 2. The van der Waals surface area contributed by atoms with Crippen LogP contribution in [-0.2, 0) is 28.6 Å². The first-order valence-corrected chi connectivity index (χ1v) is 12.1. The van der Waals surface area contributed by atoms with Gasteiger partial charge < -0.3 is 0 Å². The lowest BCUT2D eigenvalue weighted by Gasteiger charge is -2.13. The van der Waals surface area contributed by atoms with E-state index in [2.05, 4.69) is 0 Å². The Morgan fingerprint density at radius 1 is 0.690 bits per heavy atom. The van der Waals surface area contributed by atoms with E-state index in [1.807, 2.05) is 26.0 Å². The van der Waals surface area contributed by atoms with Gasteiger partial charge in [-0.25, -0.2) is 0 Å². The molecule has 2 aromatic rings. The minimum atomic E-state index is -3.82. The second kappa shape index (κ2) is 8.79. The van der Waals surface area contributed by atoms with Crippen molar-refractivity contribution in [3.63, 3.8) is 0 Å². The van der Waals surface area contributed by atoms with Crippen molar-refractivity contribution in [2.75, 3.05) is 13.2 Å². The summed E-state index contributed by atoms with van der Waals surface area (Å²) in [7, 11) is -7.64. The van der Waals surface area contributed by atoms with Crippen molar-refractivity contribution < 1.29 is 25.2 Å². The summed E-state index contributed by atoms with van der Waals surface area (Å²) in [6, 6.07) is 12.9. The highest BCUT2D eigenvalue weighted by Gasteiger charge is 2.25. The van der Waals surface area contributed by atoms with Crippen molar-refractivity contribution in [2.24, 2.45) is 11.8 Å². The van der Waals surface area contributed by atoms with Gasteiger partial charge in [0, 0.05) is 11.8 Å². The average Bonchev–Trinajstić information content (AvgIpc) is 3.14. The van der Waals surface area contributed by atoms with Crippen LogP contribution >= 0.6 is 0 Å². The van der Waals surface area contributed by atoms with Gasteiger partial charge in [0.2, 0.25) is 0 Å². The lowest BCUT2D eigenvalue weighted by molar-refractivity contribution is 0.240. The van der Waals surface area contributed by atoms with Crippen LogP contribution in [0.2, 0.25) is 0 Å². The summed E-state index contributed by atoms with van der Waals surface area (Å²) in [6.07, 6.45) is 4.25. The molecule has 0 fully saturated rings. The Balaban J connectivity index is 1.50. The molecule has 0 aliphatic heterocycles. The lowest BCUT2D eigenvalue weighted by Crippen LogP contribution is -2.16. The number of hydrogen-bond acceptors (Lipinski definition) is 6. The van der Waals surface area contributed by atoms with Gasteiger partial charge in [-0.15, -0.1) is 0 Å². The molecule has 8 heteroatoms. The van der Waals surface area contributed by atoms with Gasteiger partial charge >= 0.3 is 0 Å². The largest absolute Gasteiger partial charge is 0.296 e. The van der Waals surface area contributed by atoms with E-state index in [1.54, 1.807) is 24.3 Å². The van der Waals surface area contributed by atoms with E-state index in [4.69, 9.17) is 8.37 Å². The topological polar surface area (TPSA) is 86.7 Å². The van der Waals surface area contributed by atoms with E-state index in [-0.39, 0.29) is 34.8 Å². The SMILES string of the molecule is Cc1ccc(S(=O)(=O)OC[C@H]2C=C[C@@H](COS(=O)(=O)c3ccc(C)cc3)C2)cc1. The summed E-state index contributed by atoms with van der Waals surface area (Å²) in [5, 5.41) is 0. The highest BCUT2D eigenvalue weighted by Crippen LogP contribution is 2.27. The summed E-state index contributed by atoms with van der Waals surface area (Å²) in [5.41, 5.74) is 1.93. The monoisotopic (exact) mass is 436 g/mol. The molecule has 0 saturated heterocycles. The minimum absolute atomic E-state index is 0.00786. The molecule has 29 heavy (non-hydrogen) atoms. The molecule has 0 unspecified atom stereocenters. The van der Waals surface area contributed by atoms with Crippen LogP contribution in [0.25, 0.3) is 0 Å². The molecule has 1 aliphatic carbocycles. The Morgan fingerprint density at radius 3 is 1.38 bits per heavy atom. The first-order chi connectivity index (χ1) is 13.7. The average molecular weight is 437 g/mol. The molecule has 0 radical (unpaired) electrons. The molecular weight excluding hydrogens is 412 g/mol. The van der Waals surface area contributed by atoms with Crippen molar-refractivity contribution >= 4 is 20.2 Å². The normalized spacial score (nSPS) is 19.5. The van der Waals surface area contributed by atoms with Gasteiger partial charge in [0.15, 0.2) is 0 Å². The van der Waals surface area contributed by atoms with Crippen molar-refractivity contribution in [3.8, 4) is 0 Å². The van der Waals surface area contributed by atoms with Crippen molar-refractivity contribution in [1.82, 2.24) is 0 Å². The molecule has 0 N–H and O–H groups in total. The Hall–Kier alpha value is -2.00. The third-order valence-electron chi connectivity index (χ3n) is 4.75. The molecule has 1 aliphatic rings. The van der Waals surface area contributed by atoms with Crippen LogP contribution in [0.5, 0.6) is 0 Å². The fourth-order valence-corrected chi connectivity index (χ4v) is 4.93. The highest BCUT2D eigenvalue weighted by molar-refractivity contribution is 7.87.